The first-order valence-electron chi connectivity index (χ1n) is 8.90. The molecular formula is C17H22N6O. The monoisotopic (exact) mass is 326 g/mol. The zero-order valence-electron chi connectivity index (χ0n) is 13.7. The highest BCUT2D eigenvalue weighted by Crippen LogP contribution is 2.37. The molecule has 2 atom stereocenters. The van der Waals surface area contributed by atoms with Crippen molar-refractivity contribution in [2.45, 2.75) is 31.7 Å². The van der Waals surface area contributed by atoms with E-state index in [1.165, 1.54) is 31.3 Å². The molecule has 2 unspecified atom stereocenters. The van der Waals surface area contributed by atoms with E-state index in [4.69, 9.17) is 4.52 Å². The molecular weight excluding hydrogens is 304 g/mol. The topological polar surface area (TPSA) is 71.2 Å². The second-order valence-corrected chi connectivity index (χ2v) is 7.38. The van der Waals surface area contributed by atoms with Crippen molar-refractivity contribution in [3.63, 3.8) is 0 Å². The minimum Gasteiger partial charge on any atom is -0.356 e. The summed E-state index contributed by atoms with van der Waals surface area (Å²) in [6.45, 7) is 5.15. The molecule has 0 spiro atoms. The molecule has 5 rings (SSSR count). The molecule has 126 valence electrons. The van der Waals surface area contributed by atoms with Gasteiger partial charge in [0.25, 0.3) is 0 Å². The standard InChI is InChI=1S/C17H22N6O/c1-2-12(3-1)15-4-16(19-10-18-15)23-7-13-5-22(6-14(13)8-23)9-17-20-11-21-24-17/h4,10-14H,1-3,5-9H2. The summed E-state index contributed by atoms with van der Waals surface area (Å²) < 4.78 is 5.13. The lowest BCUT2D eigenvalue weighted by Crippen LogP contribution is -2.29. The molecule has 2 saturated heterocycles. The van der Waals surface area contributed by atoms with E-state index < -0.39 is 0 Å². The van der Waals surface area contributed by atoms with E-state index in [1.54, 1.807) is 6.33 Å². The number of fused-ring (bicyclic) bond motifs is 1. The van der Waals surface area contributed by atoms with Crippen LogP contribution < -0.4 is 4.90 Å². The Hall–Kier alpha value is -2.02. The zero-order chi connectivity index (χ0) is 15.9. The first-order valence-corrected chi connectivity index (χ1v) is 8.90. The molecule has 1 aliphatic carbocycles. The molecule has 0 bridgehead atoms. The van der Waals surface area contributed by atoms with Crippen molar-refractivity contribution in [2.75, 3.05) is 31.1 Å². The quantitative estimate of drug-likeness (QED) is 0.846. The van der Waals surface area contributed by atoms with Crippen LogP contribution in [0.1, 0.15) is 36.8 Å². The molecule has 3 fully saturated rings. The average molecular weight is 326 g/mol. The Morgan fingerprint density at radius 2 is 1.83 bits per heavy atom. The number of aromatic nitrogens is 4. The predicted molar refractivity (Wildman–Crippen MR) is 87.4 cm³/mol. The maximum Gasteiger partial charge on any atom is 0.240 e. The molecule has 7 heteroatoms. The lowest BCUT2D eigenvalue weighted by atomic mass is 9.83. The van der Waals surface area contributed by atoms with Crippen LogP contribution in [-0.2, 0) is 6.54 Å². The van der Waals surface area contributed by atoms with Gasteiger partial charge in [-0.25, -0.2) is 9.97 Å². The summed E-state index contributed by atoms with van der Waals surface area (Å²) in [4.78, 5) is 18.0. The normalized spacial score (nSPS) is 27.4. The van der Waals surface area contributed by atoms with Crippen molar-refractivity contribution >= 4 is 5.82 Å². The van der Waals surface area contributed by atoms with Gasteiger partial charge in [0.15, 0.2) is 6.33 Å². The number of anilines is 1. The van der Waals surface area contributed by atoms with Crippen LogP contribution in [0.25, 0.3) is 0 Å². The highest BCUT2D eigenvalue weighted by atomic mass is 16.5. The van der Waals surface area contributed by atoms with E-state index in [0.29, 0.717) is 23.6 Å². The van der Waals surface area contributed by atoms with Gasteiger partial charge in [-0.1, -0.05) is 11.6 Å². The minimum absolute atomic E-state index is 0.666. The Kier molecular flexibility index (Phi) is 3.47. The van der Waals surface area contributed by atoms with Crippen LogP contribution in [0.15, 0.2) is 23.2 Å². The molecule has 24 heavy (non-hydrogen) atoms. The average Bonchev–Trinajstić information content (AvgIpc) is 3.22. The zero-order valence-corrected chi connectivity index (χ0v) is 13.7. The number of rotatable bonds is 4. The van der Waals surface area contributed by atoms with Crippen molar-refractivity contribution < 1.29 is 4.52 Å². The van der Waals surface area contributed by atoms with E-state index in [1.807, 2.05) is 0 Å². The summed E-state index contributed by atoms with van der Waals surface area (Å²) in [6.07, 6.45) is 7.13. The molecule has 0 aromatic carbocycles. The number of nitrogens with zero attached hydrogens (tertiary/aromatic N) is 6. The maximum atomic E-state index is 5.13. The lowest BCUT2D eigenvalue weighted by Gasteiger charge is -2.26. The second kappa shape index (κ2) is 5.81. The van der Waals surface area contributed by atoms with Crippen molar-refractivity contribution in [3.05, 3.63) is 30.3 Å². The number of hydrogen-bond acceptors (Lipinski definition) is 7. The van der Waals surface area contributed by atoms with Gasteiger partial charge in [-0.2, -0.15) is 4.98 Å². The van der Waals surface area contributed by atoms with E-state index in [2.05, 4.69) is 36.0 Å². The van der Waals surface area contributed by atoms with E-state index in [0.717, 1.165) is 38.5 Å². The van der Waals surface area contributed by atoms with Crippen LogP contribution in [0.2, 0.25) is 0 Å². The van der Waals surface area contributed by atoms with Gasteiger partial charge in [-0.3, -0.25) is 4.90 Å². The molecule has 2 aromatic rings. The Balaban J connectivity index is 1.23. The Morgan fingerprint density at radius 3 is 2.50 bits per heavy atom. The molecule has 2 aromatic heterocycles. The SMILES string of the molecule is c1nc(C2CCC2)cc(N2CC3CN(Cc4ncno4)CC3C2)n1. The van der Waals surface area contributed by atoms with Gasteiger partial charge in [-0.05, 0) is 24.7 Å². The summed E-state index contributed by atoms with van der Waals surface area (Å²) in [5.74, 6) is 3.90. The first-order chi connectivity index (χ1) is 11.8. The van der Waals surface area contributed by atoms with Crippen LogP contribution >= 0.6 is 0 Å². The maximum absolute atomic E-state index is 5.13. The molecule has 0 N–H and O–H groups in total. The van der Waals surface area contributed by atoms with Gasteiger partial charge in [0.2, 0.25) is 5.89 Å². The summed E-state index contributed by atoms with van der Waals surface area (Å²) in [5.41, 5.74) is 1.24. The second-order valence-electron chi connectivity index (χ2n) is 7.38. The number of hydrogen-bond donors (Lipinski definition) is 0. The fourth-order valence-corrected chi connectivity index (χ4v) is 4.33. The summed E-state index contributed by atoms with van der Waals surface area (Å²) in [7, 11) is 0. The van der Waals surface area contributed by atoms with Crippen molar-refractivity contribution in [3.8, 4) is 0 Å². The van der Waals surface area contributed by atoms with Gasteiger partial charge in [0.1, 0.15) is 12.1 Å². The Labute approximate surface area is 141 Å². The number of likely N-dealkylation sites (tertiary alicyclic amines) is 1. The molecule has 4 heterocycles. The highest BCUT2D eigenvalue weighted by molar-refractivity contribution is 5.42. The van der Waals surface area contributed by atoms with Crippen LogP contribution in [0, 0.1) is 11.8 Å². The third-order valence-corrected chi connectivity index (χ3v) is 5.85. The van der Waals surface area contributed by atoms with Crippen molar-refractivity contribution in [2.24, 2.45) is 11.8 Å². The molecule has 2 aliphatic heterocycles. The molecule has 7 nitrogen and oxygen atoms in total. The van der Waals surface area contributed by atoms with Gasteiger partial charge in [0.05, 0.1) is 6.54 Å². The van der Waals surface area contributed by atoms with Gasteiger partial charge in [0, 0.05) is 43.9 Å². The summed E-state index contributed by atoms with van der Waals surface area (Å²) in [5, 5.41) is 3.69. The summed E-state index contributed by atoms with van der Waals surface area (Å²) in [6, 6.07) is 2.22. The van der Waals surface area contributed by atoms with Crippen LogP contribution in [0.5, 0.6) is 0 Å². The molecule has 3 aliphatic rings. The predicted octanol–water partition coefficient (Wildman–Crippen LogP) is 1.70. The first kappa shape index (κ1) is 14.3. The molecule has 1 saturated carbocycles. The van der Waals surface area contributed by atoms with Crippen LogP contribution in [0.3, 0.4) is 0 Å². The Morgan fingerprint density at radius 1 is 1.00 bits per heavy atom. The lowest BCUT2D eigenvalue weighted by molar-refractivity contribution is 0.255. The Bertz CT molecular complexity index is 687. The van der Waals surface area contributed by atoms with Gasteiger partial charge in [-0.15, -0.1) is 0 Å². The van der Waals surface area contributed by atoms with E-state index in [9.17, 15) is 0 Å². The molecule has 0 amide bonds. The smallest absolute Gasteiger partial charge is 0.240 e. The van der Waals surface area contributed by atoms with Crippen LogP contribution in [0.4, 0.5) is 5.82 Å². The van der Waals surface area contributed by atoms with E-state index in [-0.39, 0.29) is 0 Å². The van der Waals surface area contributed by atoms with Crippen LogP contribution in [-0.4, -0.2) is 51.2 Å². The van der Waals surface area contributed by atoms with Crippen molar-refractivity contribution in [1.82, 2.24) is 25.0 Å². The van der Waals surface area contributed by atoms with E-state index >= 15 is 0 Å². The third-order valence-electron chi connectivity index (χ3n) is 5.85. The summed E-state index contributed by atoms with van der Waals surface area (Å²) >= 11 is 0. The van der Waals surface area contributed by atoms with Crippen molar-refractivity contribution in [1.29, 1.82) is 0 Å². The van der Waals surface area contributed by atoms with Gasteiger partial charge >= 0.3 is 0 Å². The fourth-order valence-electron chi connectivity index (χ4n) is 4.33. The molecule has 0 radical (unpaired) electrons. The fraction of sp³-hybridized carbons (Fsp3) is 0.647. The highest BCUT2D eigenvalue weighted by Gasteiger charge is 2.40. The largest absolute Gasteiger partial charge is 0.356 e. The third kappa shape index (κ3) is 2.56. The minimum atomic E-state index is 0.666. The van der Waals surface area contributed by atoms with Gasteiger partial charge < -0.3 is 9.42 Å².